The summed E-state index contributed by atoms with van der Waals surface area (Å²) in [4.78, 5) is 39.4. The van der Waals surface area contributed by atoms with Crippen molar-refractivity contribution in [3.8, 4) is 0 Å². The number of carbonyl (C=O) groups is 1. The van der Waals surface area contributed by atoms with Crippen molar-refractivity contribution in [3.63, 3.8) is 0 Å². The molecule has 7 heteroatoms. The molecule has 1 amide bonds. The third-order valence-electron chi connectivity index (χ3n) is 3.60. The van der Waals surface area contributed by atoms with Gasteiger partial charge in [0.15, 0.2) is 0 Å². The Kier molecular flexibility index (Phi) is 3.57. The highest BCUT2D eigenvalue weighted by Gasteiger charge is 2.17. The van der Waals surface area contributed by atoms with Crippen LogP contribution in [0.4, 0.5) is 5.69 Å². The fourth-order valence-electron chi connectivity index (χ4n) is 2.56. The molecule has 1 atom stereocenters. The van der Waals surface area contributed by atoms with Crippen LogP contribution in [0.1, 0.15) is 19.3 Å². The molecule has 2 heterocycles. The summed E-state index contributed by atoms with van der Waals surface area (Å²) in [6, 6.07) is 5.21. The number of hydrogen-bond donors (Lipinski definition) is 4. The molecule has 1 aromatic carbocycles. The maximum Gasteiger partial charge on any atom is 0.314 e. The van der Waals surface area contributed by atoms with Gasteiger partial charge in [0.2, 0.25) is 5.91 Å². The van der Waals surface area contributed by atoms with Gasteiger partial charge in [-0.2, -0.15) is 0 Å². The third-order valence-corrected chi connectivity index (χ3v) is 3.60. The zero-order chi connectivity index (χ0) is 14.8. The molecule has 1 aliphatic heterocycles. The van der Waals surface area contributed by atoms with Crippen LogP contribution in [0.25, 0.3) is 11.0 Å². The van der Waals surface area contributed by atoms with Crippen molar-refractivity contribution in [2.45, 2.75) is 25.3 Å². The van der Waals surface area contributed by atoms with E-state index in [1.165, 1.54) is 0 Å². The van der Waals surface area contributed by atoms with Gasteiger partial charge in [-0.05, 0) is 37.6 Å². The minimum absolute atomic E-state index is 0.0690. The standard InChI is InChI=1S/C14H16N4O3/c19-12(7-8-2-1-5-15-8)16-9-3-4-10-11(6-9)18-14(21)13(20)17-10/h3-4,6,8,15H,1-2,5,7H2,(H,16,19)(H,17,20)(H,18,21). The number of aromatic amines is 2. The number of nitrogens with one attached hydrogen (secondary N) is 4. The molecule has 21 heavy (non-hydrogen) atoms. The van der Waals surface area contributed by atoms with Crippen LogP contribution >= 0.6 is 0 Å². The van der Waals surface area contributed by atoms with E-state index in [2.05, 4.69) is 20.6 Å². The molecule has 2 aromatic rings. The Morgan fingerprint density at radius 3 is 2.67 bits per heavy atom. The third kappa shape index (κ3) is 3.03. The van der Waals surface area contributed by atoms with Gasteiger partial charge in [0.25, 0.3) is 0 Å². The van der Waals surface area contributed by atoms with Gasteiger partial charge in [-0.1, -0.05) is 0 Å². The molecule has 1 fully saturated rings. The van der Waals surface area contributed by atoms with E-state index >= 15 is 0 Å². The highest BCUT2D eigenvalue weighted by Crippen LogP contribution is 2.15. The fraction of sp³-hybridized carbons (Fsp3) is 0.357. The summed E-state index contributed by atoms with van der Waals surface area (Å²) in [5.74, 6) is -0.0690. The monoisotopic (exact) mass is 288 g/mol. The molecule has 4 N–H and O–H groups in total. The molecule has 3 rings (SSSR count). The van der Waals surface area contributed by atoms with Gasteiger partial charge in [0.05, 0.1) is 11.0 Å². The van der Waals surface area contributed by atoms with E-state index in [9.17, 15) is 14.4 Å². The van der Waals surface area contributed by atoms with Crippen molar-refractivity contribution < 1.29 is 4.79 Å². The number of fused-ring (bicyclic) bond motifs is 1. The average Bonchev–Trinajstić information content (AvgIpc) is 2.93. The number of amides is 1. The topological polar surface area (TPSA) is 107 Å². The van der Waals surface area contributed by atoms with Crippen molar-refractivity contribution in [1.82, 2.24) is 15.3 Å². The Labute approximate surface area is 119 Å². The van der Waals surface area contributed by atoms with Gasteiger partial charge in [-0.25, -0.2) is 0 Å². The van der Waals surface area contributed by atoms with Crippen LogP contribution in [0.15, 0.2) is 27.8 Å². The van der Waals surface area contributed by atoms with Crippen molar-refractivity contribution in [3.05, 3.63) is 38.9 Å². The first kappa shape index (κ1) is 13.6. The van der Waals surface area contributed by atoms with Crippen LogP contribution in [0, 0.1) is 0 Å². The maximum atomic E-state index is 11.9. The van der Waals surface area contributed by atoms with Crippen LogP contribution in [-0.2, 0) is 4.79 Å². The normalized spacial score (nSPS) is 18.0. The van der Waals surface area contributed by atoms with Crippen LogP contribution in [0.5, 0.6) is 0 Å². The minimum Gasteiger partial charge on any atom is -0.326 e. The van der Waals surface area contributed by atoms with Gasteiger partial charge in [0.1, 0.15) is 0 Å². The van der Waals surface area contributed by atoms with Gasteiger partial charge in [-0.3, -0.25) is 14.4 Å². The first-order valence-electron chi connectivity index (χ1n) is 6.91. The predicted molar refractivity (Wildman–Crippen MR) is 79.5 cm³/mol. The molecule has 1 unspecified atom stereocenters. The van der Waals surface area contributed by atoms with Gasteiger partial charge in [-0.15, -0.1) is 0 Å². The highest BCUT2D eigenvalue weighted by atomic mass is 16.2. The van der Waals surface area contributed by atoms with E-state index in [0.29, 0.717) is 23.1 Å². The summed E-state index contributed by atoms with van der Waals surface area (Å²) >= 11 is 0. The van der Waals surface area contributed by atoms with Crippen LogP contribution in [0.3, 0.4) is 0 Å². The Hall–Kier alpha value is -2.41. The minimum atomic E-state index is -0.707. The number of carbonyl (C=O) groups excluding carboxylic acids is 1. The molecule has 0 aliphatic carbocycles. The Morgan fingerprint density at radius 2 is 1.95 bits per heavy atom. The van der Waals surface area contributed by atoms with Crippen molar-refractivity contribution in [1.29, 1.82) is 0 Å². The molecular weight excluding hydrogens is 272 g/mol. The molecule has 0 spiro atoms. The number of rotatable bonds is 3. The summed E-state index contributed by atoms with van der Waals surface area (Å²) in [7, 11) is 0. The first-order valence-corrected chi connectivity index (χ1v) is 6.91. The molecular formula is C14H16N4O3. The van der Waals surface area contributed by atoms with Crippen LogP contribution in [-0.4, -0.2) is 28.5 Å². The van der Waals surface area contributed by atoms with Crippen molar-refractivity contribution in [2.24, 2.45) is 0 Å². The van der Waals surface area contributed by atoms with Crippen molar-refractivity contribution in [2.75, 3.05) is 11.9 Å². The quantitative estimate of drug-likeness (QED) is 0.609. The Balaban J connectivity index is 1.77. The molecule has 1 aliphatic rings. The fourth-order valence-corrected chi connectivity index (χ4v) is 2.56. The second-order valence-corrected chi connectivity index (χ2v) is 5.21. The van der Waals surface area contributed by atoms with Crippen molar-refractivity contribution >= 4 is 22.6 Å². The van der Waals surface area contributed by atoms with Gasteiger partial charge in [0, 0.05) is 18.2 Å². The van der Waals surface area contributed by atoms with E-state index in [1.54, 1.807) is 18.2 Å². The molecule has 0 radical (unpaired) electrons. The summed E-state index contributed by atoms with van der Waals surface area (Å²) in [6.45, 7) is 0.961. The summed E-state index contributed by atoms with van der Waals surface area (Å²) in [5.41, 5.74) is 0.201. The number of benzene rings is 1. The predicted octanol–water partition coefficient (Wildman–Crippen LogP) is 0.297. The summed E-state index contributed by atoms with van der Waals surface area (Å²) in [6.07, 6.45) is 2.54. The lowest BCUT2D eigenvalue weighted by molar-refractivity contribution is -0.116. The summed E-state index contributed by atoms with van der Waals surface area (Å²) in [5, 5.41) is 6.07. The second kappa shape index (κ2) is 5.53. The molecule has 7 nitrogen and oxygen atoms in total. The lowest BCUT2D eigenvalue weighted by atomic mass is 10.1. The second-order valence-electron chi connectivity index (χ2n) is 5.21. The first-order chi connectivity index (χ1) is 10.1. The molecule has 0 bridgehead atoms. The smallest absolute Gasteiger partial charge is 0.314 e. The van der Waals surface area contributed by atoms with E-state index in [0.717, 1.165) is 19.4 Å². The van der Waals surface area contributed by atoms with Crippen LogP contribution in [0.2, 0.25) is 0 Å². The molecule has 0 saturated carbocycles. The number of H-pyrrole nitrogens is 2. The SMILES string of the molecule is O=C(CC1CCCN1)Nc1ccc2[nH]c(=O)c(=O)[nH]c2c1. The Bertz CT molecular complexity index is 787. The maximum absolute atomic E-state index is 11.9. The zero-order valence-corrected chi connectivity index (χ0v) is 11.4. The van der Waals surface area contributed by atoms with E-state index in [-0.39, 0.29) is 11.9 Å². The van der Waals surface area contributed by atoms with Gasteiger partial charge < -0.3 is 20.6 Å². The number of hydrogen-bond acceptors (Lipinski definition) is 4. The lowest BCUT2D eigenvalue weighted by Crippen LogP contribution is -2.29. The van der Waals surface area contributed by atoms with Gasteiger partial charge >= 0.3 is 11.1 Å². The summed E-state index contributed by atoms with van der Waals surface area (Å²) < 4.78 is 0. The van der Waals surface area contributed by atoms with Crippen LogP contribution < -0.4 is 21.8 Å². The molecule has 1 aromatic heterocycles. The van der Waals surface area contributed by atoms with E-state index < -0.39 is 11.1 Å². The number of anilines is 1. The van der Waals surface area contributed by atoms with E-state index in [1.807, 2.05) is 0 Å². The number of aromatic nitrogens is 2. The zero-order valence-electron chi connectivity index (χ0n) is 11.4. The lowest BCUT2D eigenvalue weighted by Gasteiger charge is -2.10. The highest BCUT2D eigenvalue weighted by molar-refractivity contribution is 5.93. The van der Waals surface area contributed by atoms with E-state index in [4.69, 9.17) is 0 Å². The average molecular weight is 288 g/mol. The molecule has 110 valence electrons. The Morgan fingerprint density at radius 1 is 1.19 bits per heavy atom. The largest absolute Gasteiger partial charge is 0.326 e. The molecule has 1 saturated heterocycles.